The van der Waals surface area contributed by atoms with Gasteiger partial charge in [0.15, 0.2) is 0 Å². The van der Waals surface area contributed by atoms with Crippen molar-refractivity contribution in [1.82, 2.24) is 5.09 Å². The molecule has 5 bridgehead atoms. The molecule has 192 valence electrons. The fraction of sp³-hybridized carbons (Fsp3) is 0.923. The summed E-state index contributed by atoms with van der Waals surface area (Å²) >= 11 is 0. The standard InChI is InChI=1S/C26H42NO6P/c1-6-31-34(30,32-7-2)27-16-23(4)10-8-11-25-14-19-22(29)18-13-21(25)26(19,12-9-20(23)25)15-24(18,5)33-17(3)28/h18-21H,6-16H2,1-5H3,(H,27,30)/t18?,19?,20-,21?,23?,24?,25?,26-/m1/s1. The molecular weight excluding hydrogens is 453 g/mol. The molecule has 6 fully saturated rings. The molecule has 0 aromatic carbocycles. The lowest BCUT2D eigenvalue weighted by Crippen LogP contribution is -2.65. The van der Waals surface area contributed by atoms with Crippen molar-refractivity contribution < 1.29 is 27.9 Å². The van der Waals surface area contributed by atoms with Crippen molar-refractivity contribution in [2.75, 3.05) is 19.8 Å². The van der Waals surface area contributed by atoms with Crippen LogP contribution in [0.4, 0.5) is 0 Å². The van der Waals surface area contributed by atoms with E-state index >= 15 is 0 Å². The monoisotopic (exact) mass is 495 g/mol. The molecule has 8 atom stereocenters. The van der Waals surface area contributed by atoms with Crippen LogP contribution in [0.3, 0.4) is 0 Å². The van der Waals surface area contributed by atoms with Gasteiger partial charge in [0.2, 0.25) is 0 Å². The van der Waals surface area contributed by atoms with Gasteiger partial charge in [-0.2, -0.15) is 0 Å². The number of ketones is 1. The third-order valence-corrected chi connectivity index (χ3v) is 12.5. The highest BCUT2D eigenvalue weighted by Crippen LogP contribution is 2.80. The average molecular weight is 496 g/mol. The first-order valence-electron chi connectivity index (χ1n) is 13.4. The Morgan fingerprint density at radius 1 is 1.06 bits per heavy atom. The molecule has 2 spiro atoms. The van der Waals surface area contributed by atoms with Gasteiger partial charge in [0, 0.05) is 19.4 Å². The molecule has 6 aliphatic rings. The van der Waals surface area contributed by atoms with Gasteiger partial charge >= 0.3 is 13.7 Å². The average Bonchev–Trinajstić information content (AvgIpc) is 2.84. The minimum atomic E-state index is -3.32. The third-order valence-electron chi connectivity index (χ3n) is 10.7. The highest BCUT2D eigenvalue weighted by Gasteiger charge is 2.78. The molecule has 8 heteroatoms. The maximum atomic E-state index is 13.7. The number of fused-ring (bicyclic) bond motifs is 1. The van der Waals surface area contributed by atoms with Crippen LogP contribution in [-0.4, -0.2) is 37.1 Å². The lowest BCUT2D eigenvalue weighted by Gasteiger charge is -2.66. The number of ether oxygens (including phenoxy) is 1. The Balaban J connectivity index is 1.44. The first kappa shape index (κ1) is 24.9. The zero-order valence-electron chi connectivity index (χ0n) is 21.5. The van der Waals surface area contributed by atoms with Crippen LogP contribution in [0.5, 0.6) is 0 Å². The summed E-state index contributed by atoms with van der Waals surface area (Å²) in [6.07, 6.45) is 8.15. The van der Waals surface area contributed by atoms with E-state index in [1.54, 1.807) is 0 Å². The van der Waals surface area contributed by atoms with Gasteiger partial charge in [-0.05, 0) is 93.8 Å². The number of Topliss-reactive ketones (excluding diaryl/α,β-unsaturated/α-hetero) is 1. The number of nitrogens with one attached hydrogen (secondary N) is 1. The fourth-order valence-electron chi connectivity index (χ4n) is 9.97. The van der Waals surface area contributed by atoms with E-state index in [4.69, 9.17) is 13.8 Å². The highest BCUT2D eigenvalue weighted by molar-refractivity contribution is 7.51. The lowest BCUT2D eigenvalue weighted by atomic mass is 9.39. The summed E-state index contributed by atoms with van der Waals surface area (Å²) in [5.74, 6) is 1.00. The van der Waals surface area contributed by atoms with Gasteiger partial charge in [0.05, 0.1) is 19.1 Å². The van der Waals surface area contributed by atoms with E-state index in [1.165, 1.54) is 13.3 Å². The van der Waals surface area contributed by atoms with Crippen molar-refractivity contribution >= 4 is 19.5 Å². The minimum Gasteiger partial charge on any atom is -0.459 e. The summed E-state index contributed by atoms with van der Waals surface area (Å²) in [5, 5.41) is 3.22. The second kappa shape index (κ2) is 8.13. The molecule has 6 rings (SSSR count). The van der Waals surface area contributed by atoms with E-state index in [0.29, 0.717) is 37.4 Å². The molecule has 0 heterocycles. The zero-order valence-corrected chi connectivity index (χ0v) is 22.4. The topological polar surface area (TPSA) is 90.9 Å². The summed E-state index contributed by atoms with van der Waals surface area (Å²) in [4.78, 5) is 25.7. The Hall–Kier alpha value is -0.750. The Bertz CT molecular complexity index is 915. The van der Waals surface area contributed by atoms with Gasteiger partial charge < -0.3 is 4.74 Å². The molecule has 0 amide bonds. The number of carbonyl (C=O) groups is 2. The SMILES string of the molecule is CCOP(=O)(NCC1(C)CCCC23CC4C(=O)C5CC2[C@]4(CC[C@H]13)CC5(C)OC(C)=O)OCC. The maximum Gasteiger partial charge on any atom is 0.405 e. The number of hydrogen-bond acceptors (Lipinski definition) is 6. The zero-order chi connectivity index (χ0) is 24.6. The normalized spacial score (nSPS) is 46.9. The van der Waals surface area contributed by atoms with E-state index in [2.05, 4.69) is 12.0 Å². The van der Waals surface area contributed by atoms with Gasteiger partial charge in [0.25, 0.3) is 0 Å². The van der Waals surface area contributed by atoms with Crippen LogP contribution in [0.25, 0.3) is 0 Å². The molecular formula is C26H42NO6P. The van der Waals surface area contributed by atoms with E-state index in [0.717, 1.165) is 44.9 Å². The minimum absolute atomic E-state index is 0.0237. The van der Waals surface area contributed by atoms with Gasteiger partial charge in [-0.1, -0.05) is 13.3 Å². The first-order valence-corrected chi connectivity index (χ1v) is 14.9. The van der Waals surface area contributed by atoms with Crippen LogP contribution in [0, 0.1) is 39.9 Å². The molecule has 0 aromatic heterocycles. The van der Waals surface area contributed by atoms with E-state index in [1.807, 2.05) is 20.8 Å². The van der Waals surface area contributed by atoms with E-state index in [9.17, 15) is 14.2 Å². The van der Waals surface area contributed by atoms with Crippen LogP contribution < -0.4 is 5.09 Å². The maximum absolute atomic E-state index is 13.7. The van der Waals surface area contributed by atoms with Crippen molar-refractivity contribution in [3.05, 3.63) is 0 Å². The largest absolute Gasteiger partial charge is 0.459 e. The Morgan fingerprint density at radius 2 is 1.76 bits per heavy atom. The van der Waals surface area contributed by atoms with Crippen LogP contribution in [0.15, 0.2) is 0 Å². The van der Waals surface area contributed by atoms with Crippen molar-refractivity contribution in [3.63, 3.8) is 0 Å². The van der Waals surface area contributed by atoms with E-state index in [-0.39, 0.29) is 34.1 Å². The van der Waals surface area contributed by atoms with Crippen LogP contribution in [0.2, 0.25) is 0 Å². The fourth-order valence-corrected chi connectivity index (χ4v) is 11.5. The number of carbonyl (C=O) groups excluding carboxylic acids is 2. The lowest BCUT2D eigenvalue weighted by molar-refractivity contribution is -0.216. The third kappa shape index (κ3) is 3.36. The van der Waals surface area contributed by atoms with Crippen molar-refractivity contribution in [2.45, 2.75) is 91.6 Å². The second-order valence-electron chi connectivity index (χ2n) is 12.3. The number of esters is 1. The Kier molecular flexibility index (Phi) is 5.96. The van der Waals surface area contributed by atoms with Crippen molar-refractivity contribution in [1.29, 1.82) is 0 Å². The predicted octanol–water partition coefficient (Wildman–Crippen LogP) is 5.28. The molecule has 0 saturated heterocycles. The molecule has 7 nitrogen and oxygen atoms in total. The Labute approximate surface area is 204 Å². The predicted molar refractivity (Wildman–Crippen MR) is 128 cm³/mol. The molecule has 6 unspecified atom stereocenters. The highest BCUT2D eigenvalue weighted by atomic mass is 31.2. The molecule has 6 saturated carbocycles. The molecule has 0 aliphatic heterocycles. The quantitative estimate of drug-likeness (QED) is 0.362. The summed E-state index contributed by atoms with van der Waals surface area (Å²) < 4.78 is 30.1. The molecule has 34 heavy (non-hydrogen) atoms. The molecule has 6 aliphatic carbocycles. The first-order chi connectivity index (χ1) is 16.0. The Morgan fingerprint density at radius 3 is 2.41 bits per heavy atom. The van der Waals surface area contributed by atoms with Crippen LogP contribution >= 0.6 is 7.75 Å². The van der Waals surface area contributed by atoms with E-state index < -0.39 is 13.3 Å². The number of hydrogen-bond donors (Lipinski definition) is 1. The van der Waals surface area contributed by atoms with Crippen molar-refractivity contribution in [2.24, 2.45) is 39.9 Å². The van der Waals surface area contributed by atoms with Gasteiger partial charge in [-0.3, -0.25) is 18.6 Å². The molecule has 0 radical (unpaired) electrons. The van der Waals surface area contributed by atoms with Gasteiger partial charge in [-0.15, -0.1) is 0 Å². The summed E-state index contributed by atoms with van der Waals surface area (Å²) in [5.41, 5.74) is -0.553. The molecule has 1 N–H and O–H groups in total. The van der Waals surface area contributed by atoms with Crippen LogP contribution in [0.1, 0.15) is 86.0 Å². The smallest absolute Gasteiger partial charge is 0.405 e. The van der Waals surface area contributed by atoms with Gasteiger partial charge in [0.1, 0.15) is 11.4 Å². The number of rotatable bonds is 8. The summed E-state index contributed by atoms with van der Waals surface area (Å²) in [6, 6.07) is 0. The summed E-state index contributed by atoms with van der Waals surface area (Å²) in [7, 11) is -3.32. The van der Waals surface area contributed by atoms with Gasteiger partial charge in [-0.25, -0.2) is 9.65 Å². The van der Waals surface area contributed by atoms with Crippen molar-refractivity contribution in [3.8, 4) is 0 Å². The van der Waals surface area contributed by atoms with Crippen LogP contribution in [-0.2, 0) is 27.9 Å². The summed E-state index contributed by atoms with van der Waals surface area (Å²) in [6.45, 7) is 10.8. The molecule has 0 aromatic rings. The second-order valence-corrected chi connectivity index (χ2v) is 14.1.